The number of carboxylic acid groups (broad SMARTS) is 1. The lowest BCUT2D eigenvalue weighted by Crippen LogP contribution is -2.43. The quantitative estimate of drug-likeness (QED) is 0.834. The van der Waals surface area contributed by atoms with Gasteiger partial charge in [0.25, 0.3) is 0 Å². The van der Waals surface area contributed by atoms with Gasteiger partial charge in [-0.05, 0) is 19.8 Å². The molecular formula is C14H20N2O3S. The van der Waals surface area contributed by atoms with E-state index in [1.807, 2.05) is 12.3 Å². The lowest BCUT2D eigenvalue weighted by atomic mass is 9.95. The molecule has 1 aromatic heterocycles. The molecule has 20 heavy (non-hydrogen) atoms. The Labute approximate surface area is 122 Å². The Bertz CT molecular complexity index is 487. The predicted octanol–water partition coefficient (Wildman–Crippen LogP) is 2.14. The number of hydrogen-bond acceptors (Lipinski definition) is 4. The van der Waals surface area contributed by atoms with Crippen molar-refractivity contribution >= 4 is 23.2 Å². The van der Waals surface area contributed by atoms with Crippen molar-refractivity contribution in [3.05, 3.63) is 16.1 Å². The minimum Gasteiger partial charge on any atom is -0.481 e. The molecule has 2 unspecified atom stereocenters. The Hall–Kier alpha value is -1.43. The lowest BCUT2D eigenvalue weighted by molar-refractivity contribution is -0.143. The third-order valence-corrected chi connectivity index (χ3v) is 4.51. The molecule has 1 aliphatic rings. The first kappa shape index (κ1) is 15.0. The summed E-state index contributed by atoms with van der Waals surface area (Å²) in [6.07, 6.45) is 4.57. The average molecular weight is 296 g/mol. The first-order chi connectivity index (χ1) is 9.56. The second-order valence-electron chi connectivity index (χ2n) is 5.29. The van der Waals surface area contributed by atoms with Gasteiger partial charge in [0.2, 0.25) is 5.91 Å². The van der Waals surface area contributed by atoms with E-state index in [1.54, 1.807) is 0 Å². The normalized spacial score (nSPS) is 23.1. The maximum absolute atomic E-state index is 12.0. The number of hydrogen-bond donors (Lipinski definition) is 2. The molecule has 0 saturated heterocycles. The minimum atomic E-state index is -0.804. The van der Waals surface area contributed by atoms with Gasteiger partial charge < -0.3 is 10.4 Å². The minimum absolute atomic E-state index is 0.131. The molecule has 2 rings (SSSR count). The molecule has 0 radical (unpaired) electrons. The van der Waals surface area contributed by atoms with E-state index in [9.17, 15) is 14.7 Å². The number of thiazole rings is 1. The summed E-state index contributed by atoms with van der Waals surface area (Å²) in [5, 5.41) is 15.0. The van der Waals surface area contributed by atoms with E-state index < -0.39 is 11.9 Å². The highest BCUT2D eigenvalue weighted by molar-refractivity contribution is 7.09. The highest BCUT2D eigenvalue weighted by Gasteiger charge is 2.30. The molecule has 1 saturated carbocycles. The lowest BCUT2D eigenvalue weighted by Gasteiger charge is -2.22. The van der Waals surface area contributed by atoms with Crippen LogP contribution >= 0.6 is 11.3 Å². The van der Waals surface area contributed by atoms with E-state index >= 15 is 0 Å². The van der Waals surface area contributed by atoms with E-state index in [4.69, 9.17) is 0 Å². The molecule has 5 nitrogen and oxygen atoms in total. The van der Waals surface area contributed by atoms with Crippen LogP contribution in [0.1, 0.15) is 42.8 Å². The largest absolute Gasteiger partial charge is 0.481 e. The highest BCUT2D eigenvalue weighted by Crippen LogP contribution is 2.24. The number of carboxylic acids is 1. The predicted molar refractivity (Wildman–Crippen MR) is 76.7 cm³/mol. The van der Waals surface area contributed by atoms with Crippen LogP contribution in [0.5, 0.6) is 0 Å². The number of aliphatic carboxylic acids is 1. The molecular weight excluding hydrogens is 276 g/mol. The molecule has 0 spiro atoms. The SMILES string of the molecule is Cc1nc(CC(=O)NC2CCCCCC2C(=O)O)cs1. The third kappa shape index (κ3) is 4.03. The summed E-state index contributed by atoms with van der Waals surface area (Å²) in [7, 11) is 0. The van der Waals surface area contributed by atoms with Crippen LogP contribution in [0.2, 0.25) is 0 Å². The average Bonchev–Trinajstić information content (AvgIpc) is 2.64. The maximum Gasteiger partial charge on any atom is 0.308 e. The summed E-state index contributed by atoms with van der Waals surface area (Å²) in [5.41, 5.74) is 0.755. The molecule has 0 bridgehead atoms. The van der Waals surface area contributed by atoms with Crippen molar-refractivity contribution in [3.63, 3.8) is 0 Å². The van der Waals surface area contributed by atoms with Crippen molar-refractivity contribution in [1.82, 2.24) is 10.3 Å². The molecule has 110 valence electrons. The van der Waals surface area contributed by atoms with Gasteiger partial charge in [-0.1, -0.05) is 19.3 Å². The van der Waals surface area contributed by atoms with E-state index in [0.29, 0.717) is 6.42 Å². The molecule has 2 atom stereocenters. The van der Waals surface area contributed by atoms with Crippen LogP contribution in [-0.4, -0.2) is 28.0 Å². The van der Waals surface area contributed by atoms with E-state index in [2.05, 4.69) is 10.3 Å². The number of rotatable bonds is 4. The van der Waals surface area contributed by atoms with Gasteiger partial charge in [0.15, 0.2) is 0 Å². The van der Waals surface area contributed by atoms with Crippen LogP contribution in [-0.2, 0) is 16.0 Å². The second-order valence-corrected chi connectivity index (χ2v) is 6.35. The standard InChI is InChI=1S/C14H20N2O3S/c1-9-15-10(8-20-9)7-13(17)16-12-6-4-2-3-5-11(12)14(18)19/h8,11-12H,2-7H2,1H3,(H,16,17)(H,18,19). The zero-order chi connectivity index (χ0) is 14.5. The fourth-order valence-corrected chi connectivity index (χ4v) is 3.30. The van der Waals surface area contributed by atoms with Crippen molar-refractivity contribution in [2.75, 3.05) is 0 Å². The van der Waals surface area contributed by atoms with Crippen molar-refractivity contribution in [2.45, 2.75) is 51.5 Å². The van der Waals surface area contributed by atoms with Gasteiger partial charge in [0.05, 0.1) is 23.0 Å². The summed E-state index contributed by atoms with van der Waals surface area (Å²) in [4.78, 5) is 27.6. The maximum atomic E-state index is 12.0. The molecule has 0 aliphatic heterocycles. The fraction of sp³-hybridized carbons (Fsp3) is 0.643. The fourth-order valence-electron chi connectivity index (χ4n) is 2.69. The van der Waals surface area contributed by atoms with Crippen LogP contribution in [0, 0.1) is 12.8 Å². The van der Waals surface area contributed by atoms with Crippen LogP contribution < -0.4 is 5.32 Å². The summed E-state index contributed by atoms with van der Waals surface area (Å²) in [6.45, 7) is 1.90. The van der Waals surface area contributed by atoms with Crippen LogP contribution in [0.15, 0.2) is 5.38 Å². The van der Waals surface area contributed by atoms with Gasteiger partial charge in [-0.2, -0.15) is 0 Å². The van der Waals surface area contributed by atoms with Crippen LogP contribution in [0.25, 0.3) is 0 Å². The molecule has 1 aliphatic carbocycles. The zero-order valence-electron chi connectivity index (χ0n) is 11.6. The topological polar surface area (TPSA) is 79.3 Å². The Morgan fingerprint density at radius 2 is 2.15 bits per heavy atom. The molecule has 1 amide bonds. The molecule has 1 aromatic rings. The van der Waals surface area contributed by atoms with Gasteiger partial charge in [0.1, 0.15) is 0 Å². The van der Waals surface area contributed by atoms with Crippen LogP contribution in [0.3, 0.4) is 0 Å². The van der Waals surface area contributed by atoms with Crippen molar-refractivity contribution in [1.29, 1.82) is 0 Å². The Morgan fingerprint density at radius 3 is 2.80 bits per heavy atom. The number of amides is 1. The molecule has 1 heterocycles. The first-order valence-corrected chi connectivity index (χ1v) is 7.87. The first-order valence-electron chi connectivity index (χ1n) is 6.99. The Morgan fingerprint density at radius 1 is 1.40 bits per heavy atom. The number of nitrogens with zero attached hydrogens (tertiary/aromatic N) is 1. The van der Waals surface area contributed by atoms with E-state index in [1.165, 1.54) is 11.3 Å². The van der Waals surface area contributed by atoms with Crippen molar-refractivity contribution in [3.8, 4) is 0 Å². The van der Waals surface area contributed by atoms with Crippen LogP contribution in [0.4, 0.5) is 0 Å². The number of carbonyl (C=O) groups excluding carboxylic acids is 1. The summed E-state index contributed by atoms with van der Waals surface area (Å²) >= 11 is 1.52. The zero-order valence-corrected chi connectivity index (χ0v) is 12.4. The van der Waals surface area contributed by atoms with Gasteiger partial charge in [0, 0.05) is 11.4 Å². The summed E-state index contributed by atoms with van der Waals surface area (Å²) < 4.78 is 0. The third-order valence-electron chi connectivity index (χ3n) is 3.69. The molecule has 6 heteroatoms. The van der Waals surface area contributed by atoms with Gasteiger partial charge >= 0.3 is 5.97 Å². The summed E-state index contributed by atoms with van der Waals surface area (Å²) in [6, 6.07) is -0.248. The molecule has 1 fully saturated rings. The van der Waals surface area contributed by atoms with Gasteiger partial charge in [-0.25, -0.2) is 4.98 Å². The van der Waals surface area contributed by atoms with E-state index in [-0.39, 0.29) is 18.4 Å². The second kappa shape index (κ2) is 6.83. The molecule has 0 aromatic carbocycles. The Balaban J connectivity index is 1.95. The monoisotopic (exact) mass is 296 g/mol. The van der Waals surface area contributed by atoms with E-state index in [0.717, 1.165) is 36.4 Å². The van der Waals surface area contributed by atoms with Crippen molar-refractivity contribution < 1.29 is 14.7 Å². The Kier molecular flexibility index (Phi) is 5.11. The van der Waals surface area contributed by atoms with Crippen molar-refractivity contribution in [2.24, 2.45) is 5.92 Å². The smallest absolute Gasteiger partial charge is 0.308 e. The number of aromatic nitrogens is 1. The van der Waals surface area contributed by atoms with Gasteiger partial charge in [-0.15, -0.1) is 11.3 Å². The number of carbonyl (C=O) groups is 2. The highest BCUT2D eigenvalue weighted by atomic mass is 32.1. The molecule has 2 N–H and O–H groups in total. The van der Waals surface area contributed by atoms with Gasteiger partial charge in [-0.3, -0.25) is 9.59 Å². The summed E-state index contributed by atoms with van der Waals surface area (Å²) in [5.74, 6) is -1.39. The number of nitrogens with one attached hydrogen (secondary N) is 1. The number of aryl methyl sites for hydroxylation is 1.